The molecule has 1 amide bonds. The van der Waals surface area contributed by atoms with E-state index in [0.717, 1.165) is 11.3 Å². The van der Waals surface area contributed by atoms with Crippen molar-refractivity contribution in [3.8, 4) is 0 Å². The van der Waals surface area contributed by atoms with Gasteiger partial charge in [-0.15, -0.1) is 0 Å². The highest BCUT2D eigenvalue weighted by Gasteiger charge is 2.11. The number of Topliss-reactive ketones (excluding diaryl/α,β-unsaturated/α-hetero) is 1. The van der Waals surface area contributed by atoms with E-state index in [-0.39, 0.29) is 5.78 Å². The minimum atomic E-state index is -0.551. The third-order valence-corrected chi connectivity index (χ3v) is 4.27. The number of pyridine rings is 1. The van der Waals surface area contributed by atoms with Gasteiger partial charge in [-0.2, -0.15) is 0 Å². The number of ketones is 1. The molecule has 3 aromatic rings. The lowest BCUT2D eigenvalue weighted by molar-refractivity contribution is 0.0984. The largest absolute Gasteiger partial charge is 0.380 e. The molecule has 0 bridgehead atoms. The molecule has 1 aromatic heterocycles. The Kier molecular flexibility index (Phi) is 6.01. The molecule has 0 aliphatic rings. The summed E-state index contributed by atoms with van der Waals surface area (Å²) in [4.78, 5) is 27.9. The highest BCUT2D eigenvalue weighted by atomic mass is 16.1. The second-order valence-corrected chi connectivity index (χ2v) is 6.30. The molecule has 28 heavy (non-hydrogen) atoms. The van der Waals surface area contributed by atoms with Crippen LogP contribution in [0.1, 0.15) is 39.6 Å². The molecule has 4 N–H and O–H groups in total. The standard InChI is InChI=1S/C22H22N4O2/c1-2-20(27)16-9-6-10-17(11-16)26-21-12-19(18(14-25-21)22(23)28)24-13-15-7-4-3-5-8-15/h3-12,14H,2,13H2,1H3,(H2,23,28)(H2,24,25,26). The Hall–Kier alpha value is -3.67. The van der Waals surface area contributed by atoms with E-state index in [1.54, 1.807) is 18.2 Å². The number of nitrogens with one attached hydrogen (secondary N) is 2. The molecular weight excluding hydrogens is 352 g/mol. The summed E-state index contributed by atoms with van der Waals surface area (Å²) < 4.78 is 0. The van der Waals surface area contributed by atoms with Gasteiger partial charge in [0.25, 0.3) is 5.91 Å². The van der Waals surface area contributed by atoms with Gasteiger partial charge in [-0.3, -0.25) is 9.59 Å². The Labute approximate surface area is 163 Å². The van der Waals surface area contributed by atoms with Crippen LogP contribution in [0, 0.1) is 0 Å². The zero-order chi connectivity index (χ0) is 19.9. The highest BCUT2D eigenvalue weighted by Crippen LogP contribution is 2.23. The van der Waals surface area contributed by atoms with Gasteiger partial charge in [0, 0.05) is 36.5 Å². The number of nitrogens with two attached hydrogens (primary N) is 1. The second kappa shape index (κ2) is 8.81. The number of anilines is 3. The highest BCUT2D eigenvalue weighted by molar-refractivity contribution is 5.99. The van der Waals surface area contributed by atoms with E-state index in [1.807, 2.05) is 49.4 Å². The number of primary amides is 1. The van der Waals surface area contributed by atoms with Crippen molar-refractivity contribution in [1.29, 1.82) is 0 Å². The van der Waals surface area contributed by atoms with Crippen LogP contribution in [0.5, 0.6) is 0 Å². The second-order valence-electron chi connectivity index (χ2n) is 6.30. The number of benzene rings is 2. The molecule has 0 unspecified atom stereocenters. The fourth-order valence-corrected chi connectivity index (χ4v) is 2.78. The smallest absolute Gasteiger partial charge is 0.252 e. The molecule has 1 heterocycles. The molecule has 0 radical (unpaired) electrons. The molecule has 142 valence electrons. The summed E-state index contributed by atoms with van der Waals surface area (Å²) in [6, 6.07) is 18.8. The first-order chi connectivity index (χ1) is 13.6. The van der Waals surface area contributed by atoms with Crippen molar-refractivity contribution in [2.75, 3.05) is 10.6 Å². The van der Waals surface area contributed by atoms with Crippen LogP contribution < -0.4 is 16.4 Å². The first-order valence-corrected chi connectivity index (χ1v) is 9.04. The van der Waals surface area contributed by atoms with E-state index in [1.165, 1.54) is 6.20 Å². The van der Waals surface area contributed by atoms with Crippen molar-refractivity contribution in [1.82, 2.24) is 4.98 Å². The molecule has 0 saturated heterocycles. The molecule has 0 aliphatic carbocycles. The van der Waals surface area contributed by atoms with Crippen LogP contribution >= 0.6 is 0 Å². The number of carbonyl (C=O) groups is 2. The Morgan fingerprint density at radius 1 is 1.04 bits per heavy atom. The third-order valence-electron chi connectivity index (χ3n) is 4.27. The van der Waals surface area contributed by atoms with E-state index in [9.17, 15) is 9.59 Å². The Morgan fingerprint density at radius 2 is 1.82 bits per heavy atom. The Balaban J connectivity index is 1.82. The lowest BCUT2D eigenvalue weighted by Crippen LogP contribution is -2.15. The van der Waals surface area contributed by atoms with Crippen LogP contribution in [0.2, 0.25) is 0 Å². The molecule has 6 heteroatoms. The van der Waals surface area contributed by atoms with Gasteiger partial charge < -0.3 is 16.4 Å². The molecule has 3 rings (SSSR count). The summed E-state index contributed by atoms with van der Waals surface area (Å²) in [5, 5.41) is 6.41. The van der Waals surface area contributed by atoms with E-state index >= 15 is 0 Å². The van der Waals surface area contributed by atoms with E-state index in [4.69, 9.17) is 5.73 Å². The molecular formula is C22H22N4O2. The minimum Gasteiger partial charge on any atom is -0.380 e. The van der Waals surface area contributed by atoms with Crippen molar-refractivity contribution in [2.24, 2.45) is 5.73 Å². The summed E-state index contributed by atoms with van der Waals surface area (Å²) in [6.45, 7) is 2.38. The number of amides is 1. The van der Waals surface area contributed by atoms with Crippen molar-refractivity contribution >= 4 is 28.9 Å². The average Bonchev–Trinajstić information content (AvgIpc) is 2.72. The fraction of sp³-hybridized carbons (Fsp3) is 0.136. The van der Waals surface area contributed by atoms with E-state index in [0.29, 0.717) is 35.6 Å². The summed E-state index contributed by atoms with van der Waals surface area (Å²) in [6.07, 6.45) is 1.89. The Morgan fingerprint density at radius 3 is 2.54 bits per heavy atom. The lowest BCUT2D eigenvalue weighted by atomic mass is 10.1. The first kappa shape index (κ1) is 19.1. The maximum absolute atomic E-state index is 11.9. The third kappa shape index (κ3) is 4.73. The lowest BCUT2D eigenvalue weighted by Gasteiger charge is -2.13. The predicted octanol–water partition coefficient (Wildman–Crippen LogP) is 4.13. The van der Waals surface area contributed by atoms with Crippen LogP contribution in [-0.2, 0) is 6.54 Å². The topological polar surface area (TPSA) is 97.1 Å². The van der Waals surface area contributed by atoms with Crippen LogP contribution in [0.4, 0.5) is 17.2 Å². The number of hydrogen-bond acceptors (Lipinski definition) is 5. The minimum absolute atomic E-state index is 0.0749. The number of aromatic nitrogens is 1. The normalized spacial score (nSPS) is 10.3. The summed E-state index contributed by atoms with van der Waals surface area (Å²) in [7, 11) is 0. The first-order valence-electron chi connectivity index (χ1n) is 9.04. The number of nitrogens with zero attached hydrogens (tertiary/aromatic N) is 1. The van der Waals surface area contributed by atoms with Crippen molar-refractivity contribution in [3.63, 3.8) is 0 Å². The number of carbonyl (C=O) groups excluding carboxylic acids is 2. The van der Waals surface area contributed by atoms with Gasteiger partial charge >= 0.3 is 0 Å². The van der Waals surface area contributed by atoms with Gasteiger partial charge in [-0.25, -0.2) is 4.98 Å². The van der Waals surface area contributed by atoms with Crippen molar-refractivity contribution in [3.05, 3.63) is 83.6 Å². The van der Waals surface area contributed by atoms with Gasteiger partial charge in [-0.1, -0.05) is 49.4 Å². The molecule has 0 spiro atoms. The maximum atomic E-state index is 11.9. The molecule has 2 aromatic carbocycles. The van der Waals surface area contributed by atoms with Gasteiger partial charge in [0.2, 0.25) is 0 Å². The molecule has 0 saturated carbocycles. The zero-order valence-electron chi connectivity index (χ0n) is 15.6. The van der Waals surface area contributed by atoms with Gasteiger partial charge in [0.05, 0.1) is 11.3 Å². The van der Waals surface area contributed by atoms with Crippen molar-refractivity contribution < 1.29 is 9.59 Å². The van der Waals surface area contributed by atoms with E-state index in [2.05, 4.69) is 15.6 Å². The number of hydrogen-bond donors (Lipinski definition) is 3. The van der Waals surface area contributed by atoms with Crippen LogP contribution in [0.3, 0.4) is 0 Å². The monoisotopic (exact) mass is 374 g/mol. The summed E-state index contributed by atoms with van der Waals surface area (Å²) >= 11 is 0. The van der Waals surface area contributed by atoms with E-state index < -0.39 is 5.91 Å². The SMILES string of the molecule is CCC(=O)c1cccc(Nc2cc(NCc3ccccc3)c(C(N)=O)cn2)c1. The molecule has 0 aliphatic heterocycles. The van der Waals surface area contributed by atoms with Gasteiger partial charge in [0.1, 0.15) is 5.82 Å². The van der Waals surface area contributed by atoms with Crippen LogP contribution in [0.15, 0.2) is 66.9 Å². The quantitative estimate of drug-likeness (QED) is 0.515. The van der Waals surface area contributed by atoms with Crippen molar-refractivity contribution in [2.45, 2.75) is 19.9 Å². The molecule has 0 atom stereocenters. The van der Waals surface area contributed by atoms with Gasteiger partial charge in [-0.05, 0) is 17.7 Å². The summed E-state index contributed by atoms with van der Waals surface area (Å²) in [5.41, 5.74) is 8.85. The summed E-state index contributed by atoms with van der Waals surface area (Å²) in [5.74, 6) is 0.0673. The maximum Gasteiger partial charge on any atom is 0.252 e. The van der Waals surface area contributed by atoms with Crippen LogP contribution in [0.25, 0.3) is 0 Å². The Bertz CT molecular complexity index is 987. The molecule has 0 fully saturated rings. The fourth-order valence-electron chi connectivity index (χ4n) is 2.78. The van der Waals surface area contributed by atoms with Gasteiger partial charge in [0.15, 0.2) is 5.78 Å². The zero-order valence-corrected chi connectivity index (χ0v) is 15.6. The number of rotatable bonds is 8. The predicted molar refractivity (Wildman–Crippen MR) is 111 cm³/mol. The average molecular weight is 374 g/mol. The van der Waals surface area contributed by atoms with Crippen LogP contribution in [-0.4, -0.2) is 16.7 Å². The molecule has 6 nitrogen and oxygen atoms in total.